The van der Waals surface area contributed by atoms with Gasteiger partial charge in [0.25, 0.3) is 0 Å². The third-order valence-corrected chi connectivity index (χ3v) is 1.92. The SMILES string of the molecule is N#CC(N)(Cl)CC(=O)c1ccccc1. The predicted molar refractivity (Wildman–Crippen MR) is 53.8 cm³/mol. The number of ketones is 1. The van der Waals surface area contributed by atoms with E-state index in [0.29, 0.717) is 5.56 Å². The minimum Gasteiger partial charge on any atom is -0.300 e. The number of nitrogens with zero attached hydrogens (tertiary/aromatic N) is 1. The lowest BCUT2D eigenvalue weighted by Gasteiger charge is -2.10. The molecule has 2 N–H and O–H groups in total. The molecular weight excluding hydrogens is 200 g/mol. The highest BCUT2D eigenvalue weighted by Crippen LogP contribution is 2.15. The van der Waals surface area contributed by atoms with Crippen LogP contribution >= 0.6 is 11.6 Å². The molecule has 0 aromatic heterocycles. The van der Waals surface area contributed by atoms with Crippen LogP contribution < -0.4 is 5.73 Å². The van der Waals surface area contributed by atoms with Gasteiger partial charge in [-0.05, 0) is 0 Å². The van der Waals surface area contributed by atoms with Crippen molar-refractivity contribution >= 4 is 17.4 Å². The molecule has 0 bridgehead atoms. The standard InChI is InChI=1S/C10H9ClN2O/c11-10(13,7-12)6-9(14)8-4-2-1-3-5-8/h1-5H,6,13H2. The third-order valence-electron chi connectivity index (χ3n) is 1.70. The molecule has 1 atom stereocenters. The van der Waals surface area contributed by atoms with Crippen molar-refractivity contribution in [2.75, 3.05) is 0 Å². The molecule has 0 saturated carbocycles. The van der Waals surface area contributed by atoms with E-state index < -0.39 is 5.00 Å². The third kappa shape index (κ3) is 2.84. The quantitative estimate of drug-likeness (QED) is 0.467. The van der Waals surface area contributed by atoms with Crippen LogP contribution in [0.25, 0.3) is 0 Å². The first-order valence-corrected chi connectivity index (χ1v) is 4.40. The van der Waals surface area contributed by atoms with Crippen molar-refractivity contribution in [3.05, 3.63) is 35.9 Å². The number of nitriles is 1. The number of carbonyl (C=O) groups excluding carboxylic acids is 1. The lowest BCUT2D eigenvalue weighted by atomic mass is 10.0. The molecule has 0 spiro atoms. The molecule has 1 aromatic carbocycles. The van der Waals surface area contributed by atoms with Crippen LogP contribution in [0.1, 0.15) is 16.8 Å². The van der Waals surface area contributed by atoms with Crippen molar-refractivity contribution in [3.63, 3.8) is 0 Å². The lowest BCUT2D eigenvalue weighted by Crippen LogP contribution is -2.33. The van der Waals surface area contributed by atoms with Crippen molar-refractivity contribution < 1.29 is 4.79 Å². The minimum absolute atomic E-state index is 0.185. The number of alkyl halides is 1. The van der Waals surface area contributed by atoms with E-state index in [4.69, 9.17) is 22.6 Å². The Morgan fingerprint density at radius 3 is 2.57 bits per heavy atom. The van der Waals surface area contributed by atoms with Crippen LogP contribution in [0.2, 0.25) is 0 Å². The Labute approximate surface area is 87.1 Å². The summed E-state index contributed by atoms with van der Waals surface area (Å²) in [6, 6.07) is 10.3. The summed E-state index contributed by atoms with van der Waals surface area (Å²) in [5.41, 5.74) is 5.85. The van der Waals surface area contributed by atoms with Gasteiger partial charge in [0, 0.05) is 5.56 Å². The van der Waals surface area contributed by atoms with Gasteiger partial charge < -0.3 is 5.73 Å². The lowest BCUT2D eigenvalue weighted by molar-refractivity contribution is 0.0975. The molecule has 4 heteroatoms. The largest absolute Gasteiger partial charge is 0.300 e. The van der Waals surface area contributed by atoms with Crippen LogP contribution in [-0.4, -0.2) is 10.8 Å². The molecule has 0 amide bonds. The van der Waals surface area contributed by atoms with Crippen molar-refractivity contribution in [2.24, 2.45) is 5.73 Å². The van der Waals surface area contributed by atoms with Gasteiger partial charge in [-0.1, -0.05) is 41.9 Å². The Morgan fingerprint density at radius 1 is 1.50 bits per heavy atom. The molecule has 0 aliphatic rings. The fraction of sp³-hybridized carbons (Fsp3) is 0.200. The average Bonchev–Trinajstić information content (AvgIpc) is 2.19. The number of hydrogen-bond donors (Lipinski definition) is 1. The van der Waals surface area contributed by atoms with E-state index in [1.165, 1.54) is 0 Å². The van der Waals surface area contributed by atoms with Crippen molar-refractivity contribution in [3.8, 4) is 6.07 Å². The molecule has 0 saturated heterocycles. The highest BCUT2D eigenvalue weighted by atomic mass is 35.5. The second kappa shape index (κ2) is 4.23. The van der Waals surface area contributed by atoms with Gasteiger partial charge in [-0.2, -0.15) is 5.26 Å². The molecule has 0 heterocycles. The van der Waals surface area contributed by atoms with Crippen LogP contribution in [0.5, 0.6) is 0 Å². The topological polar surface area (TPSA) is 66.9 Å². The zero-order chi connectivity index (χ0) is 10.6. The fourth-order valence-corrected chi connectivity index (χ4v) is 1.12. The van der Waals surface area contributed by atoms with Crippen molar-refractivity contribution in [1.82, 2.24) is 0 Å². The Balaban J connectivity index is 2.75. The van der Waals surface area contributed by atoms with Gasteiger partial charge in [-0.15, -0.1) is 0 Å². The van der Waals surface area contributed by atoms with Gasteiger partial charge in [-0.3, -0.25) is 4.79 Å². The Hall–Kier alpha value is -1.37. The summed E-state index contributed by atoms with van der Waals surface area (Å²) in [6.45, 7) is 0. The molecular formula is C10H9ClN2O. The van der Waals surface area contributed by atoms with E-state index in [0.717, 1.165) is 0 Å². The summed E-state index contributed by atoms with van der Waals surface area (Å²) in [5.74, 6) is -0.232. The van der Waals surface area contributed by atoms with Gasteiger partial charge in [0.1, 0.15) is 6.07 Å². The first-order valence-electron chi connectivity index (χ1n) is 4.02. The van der Waals surface area contributed by atoms with Crippen LogP contribution in [0.4, 0.5) is 0 Å². The Bertz CT molecular complexity index is 367. The van der Waals surface area contributed by atoms with Crippen molar-refractivity contribution in [1.29, 1.82) is 5.26 Å². The number of benzene rings is 1. The first-order chi connectivity index (χ1) is 6.55. The summed E-state index contributed by atoms with van der Waals surface area (Å²) in [5, 5.41) is 8.53. The molecule has 72 valence electrons. The summed E-state index contributed by atoms with van der Waals surface area (Å²) in [6.07, 6.45) is -0.185. The molecule has 1 rings (SSSR count). The summed E-state index contributed by atoms with van der Waals surface area (Å²) in [7, 11) is 0. The van der Waals surface area contributed by atoms with Gasteiger partial charge in [-0.25, -0.2) is 0 Å². The second-order valence-corrected chi connectivity index (χ2v) is 3.61. The Kier molecular flexibility index (Phi) is 3.23. The van der Waals surface area contributed by atoms with Crippen LogP contribution in [-0.2, 0) is 0 Å². The molecule has 3 nitrogen and oxygen atoms in total. The molecule has 0 radical (unpaired) electrons. The molecule has 14 heavy (non-hydrogen) atoms. The van der Waals surface area contributed by atoms with E-state index in [1.807, 2.05) is 0 Å². The van der Waals surface area contributed by atoms with Crippen molar-refractivity contribution in [2.45, 2.75) is 11.4 Å². The summed E-state index contributed by atoms with van der Waals surface area (Å²) >= 11 is 5.56. The van der Waals surface area contributed by atoms with Gasteiger partial charge in [0.05, 0.1) is 6.42 Å². The summed E-state index contributed by atoms with van der Waals surface area (Å²) in [4.78, 5) is 9.90. The van der Waals surface area contributed by atoms with E-state index >= 15 is 0 Å². The maximum absolute atomic E-state index is 11.5. The van der Waals surface area contributed by atoms with E-state index in [2.05, 4.69) is 0 Å². The summed E-state index contributed by atoms with van der Waals surface area (Å²) < 4.78 is 0. The number of nitrogens with two attached hydrogens (primary N) is 1. The fourth-order valence-electron chi connectivity index (χ4n) is 0.999. The zero-order valence-electron chi connectivity index (χ0n) is 7.40. The van der Waals surface area contributed by atoms with E-state index in [-0.39, 0.29) is 12.2 Å². The highest BCUT2D eigenvalue weighted by Gasteiger charge is 2.25. The Morgan fingerprint density at radius 2 is 2.07 bits per heavy atom. The molecule has 1 unspecified atom stereocenters. The van der Waals surface area contributed by atoms with Crippen LogP contribution in [0.15, 0.2) is 30.3 Å². The van der Waals surface area contributed by atoms with Crippen LogP contribution in [0, 0.1) is 11.3 Å². The number of rotatable bonds is 3. The number of Topliss-reactive ketones (excluding diaryl/α,β-unsaturated/α-hetero) is 1. The average molecular weight is 209 g/mol. The van der Waals surface area contributed by atoms with Gasteiger partial charge in [0.2, 0.25) is 0 Å². The molecule has 0 aliphatic carbocycles. The monoisotopic (exact) mass is 208 g/mol. The normalized spacial score (nSPS) is 14.1. The molecule has 0 aliphatic heterocycles. The zero-order valence-corrected chi connectivity index (χ0v) is 8.16. The smallest absolute Gasteiger partial charge is 0.186 e. The maximum Gasteiger partial charge on any atom is 0.186 e. The van der Waals surface area contributed by atoms with Gasteiger partial charge in [0.15, 0.2) is 10.8 Å². The number of halogens is 1. The number of hydrogen-bond acceptors (Lipinski definition) is 3. The van der Waals surface area contributed by atoms with E-state index in [1.54, 1.807) is 36.4 Å². The second-order valence-electron chi connectivity index (χ2n) is 2.94. The maximum atomic E-state index is 11.5. The van der Waals surface area contributed by atoms with Crippen LogP contribution in [0.3, 0.4) is 0 Å². The predicted octanol–water partition coefficient (Wildman–Crippen LogP) is 1.68. The molecule has 1 aromatic rings. The molecule has 0 fully saturated rings. The number of carbonyl (C=O) groups is 1. The van der Waals surface area contributed by atoms with E-state index in [9.17, 15) is 4.79 Å². The highest BCUT2D eigenvalue weighted by molar-refractivity contribution is 6.27. The first kappa shape index (κ1) is 10.7. The minimum atomic E-state index is -1.60. The van der Waals surface area contributed by atoms with Gasteiger partial charge >= 0.3 is 0 Å².